The van der Waals surface area contributed by atoms with Crippen molar-refractivity contribution < 1.29 is 0 Å². The summed E-state index contributed by atoms with van der Waals surface area (Å²) in [6.45, 7) is 5.56. The minimum atomic E-state index is -0.457. The summed E-state index contributed by atoms with van der Waals surface area (Å²) in [5.74, 6) is 0. The van der Waals surface area contributed by atoms with E-state index in [0.717, 1.165) is 27.4 Å². The number of hydrogen-bond acceptors (Lipinski definition) is 7. The average Bonchev–Trinajstić information content (AvgIpc) is 3.57. The van der Waals surface area contributed by atoms with E-state index in [-0.39, 0.29) is 0 Å². The minimum absolute atomic E-state index is 0.333. The third kappa shape index (κ3) is 4.49. The summed E-state index contributed by atoms with van der Waals surface area (Å²) in [4.78, 5) is 32.5. The summed E-state index contributed by atoms with van der Waals surface area (Å²) in [6.07, 6.45) is 1.59. The van der Waals surface area contributed by atoms with Gasteiger partial charge in [0.15, 0.2) is 11.2 Å². The lowest BCUT2D eigenvalue weighted by atomic mass is 10.1. The second kappa shape index (κ2) is 9.45. The van der Waals surface area contributed by atoms with Crippen LogP contribution in [0.1, 0.15) is 23.7 Å². The molecule has 5 aromatic rings. The zero-order chi connectivity index (χ0) is 23.7. The van der Waals surface area contributed by atoms with E-state index in [0.29, 0.717) is 30.8 Å². The number of imidazole rings is 1. The van der Waals surface area contributed by atoms with Gasteiger partial charge in [-0.3, -0.25) is 24.2 Å². The molecule has 1 aromatic carbocycles. The van der Waals surface area contributed by atoms with E-state index in [1.807, 2.05) is 44.2 Å². The molecule has 0 spiro atoms. The van der Waals surface area contributed by atoms with Crippen molar-refractivity contribution in [1.29, 1.82) is 0 Å². The Balaban J connectivity index is 1.23. The molecule has 174 valence electrons. The zero-order valence-electron chi connectivity index (χ0n) is 18.7. The molecule has 4 aromatic heterocycles. The molecular formula is C23H23N7O2S2. The predicted molar refractivity (Wildman–Crippen MR) is 135 cm³/mol. The van der Waals surface area contributed by atoms with Gasteiger partial charge < -0.3 is 4.57 Å². The summed E-state index contributed by atoms with van der Waals surface area (Å²) < 4.78 is 7.80. The molecule has 0 radical (unpaired) electrons. The van der Waals surface area contributed by atoms with Crippen molar-refractivity contribution in [1.82, 2.24) is 34.0 Å². The van der Waals surface area contributed by atoms with E-state index >= 15 is 0 Å². The maximum atomic E-state index is 12.4. The van der Waals surface area contributed by atoms with Crippen LogP contribution in [-0.4, -0.2) is 29.3 Å². The Bertz CT molecular complexity index is 1560. The largest absolute Gasteiger partial charge is 0.330 e. The smallest absolute Gasteiger partial charge is 0.325 e. The first-order valence-electron chi connectivity index (χ1n) is 10.8. The fourth-order valence-corrected chi connectivity index (χ4v) is 5.53. The van der Waals surface area contributed by atoms with Gasteiger partial charge in [0.2, 0.25) is 0 Å². The quantitative estimate of drug-likeness (QED) is 0.285. The first-order valence-corrected chi connectivity index (χ1v) is 12.4. The highest BCUT2D eigenvalue weighted by atomic mass is 32.2. The number of aromatic amines is 2. The van der Waals surface area contributed by atoms with E-state index in [1.165, 1.54) is 8.78 Å². The van der Waals surface area contributed by atoms with Gasteiger partial charge in [0.1, 0.15) is 5.69 Å². The van der Waals surface area contributed by atoms with Crippen LogP contribution in [0.4, 0.5) is 0 Å². The molecule has 0 saturated heterocycles. The molecule has 5 rings (SSSR count). The number of hydrogen-bond donors (Lipinski definition) is 3. The average molecular weight is 494 g/mol. The summed E-state index contributed by atoms with van der Waals surface area (Å²) >= 11 is 3.29. The molecule has 3 N–H and O–H groups in total. The monoisotopic (exact) mass is 493 g/mol. The van der Waals surface area contributed by atoms with Crippen LogP contribution < -0.4 is 16.0 Å². The predicted octanol–water partition coefficient (Wildman–Crippen LogP) is 3.51. The summed E-state index contributed by atoms with van der Waals surface area (Å²) in [7, 11) is 0. The molecule has 0 fully saturated rings. The first kappa shape index (κ1) is 22.4. The molecule has 0 atom stereocenters. The molecular weight excluding hydrogens is 470 g/mol. The Labute approximate surface area is 203 Å². The summed E-state index contributed by atoms with van der Waals surface area (Å²) in [5, 5.41) is 7.28. The number of nitrogens with zero attached hydrogens (tertiary/aromatic N) is 4. The topological polar surface area (TPSA) is 113 Å². The van der Waals surface area contributed by atoms with Gasteiger partial charge in [0.25, 0.3) is 5.56 Å². The molecule has 11 heteroatoms. The SMILES string of the molecule is CCn1cnc2c1c(=O)[nH]c(=O)n2Cc1ccc(CNSc2ccc(-c3cc(C)[nH]n3)s2)cc1. The second-order valence-electron chi connectivity index (χ2n) is 7.84. The standard InChI is InChI=1S/C23H23N7O2S2/c1-3-29-13-24-21-20(29)22(31)26-23(32)30(21)12-16-6-4-15(5-7-16)11-25-34-19-9-8-18(33-19)17-10-14(2)27-28-17/h4-10,13,25H,3,11-12H2,1-2H3,(H,27,28)(H,26,31,32). The number of thiophene rings is 1. The van der Waals surface area contributed by atoms with Crippen LogP contribution in [0.5, 0.6) is 0 Å². The van der Waals surface area contributed by atoms with Gasteiger partial charge in [-0.05, 0) is 55.1 Å². The van der Waals surface area contributed by atoms with Gasteiger partial charge in [-0.25, -0.2) is 9.78 Å². The Morgan fingerprint density at radius 2 is 1.91 bits per heavy atom. The van der Waals surface area contributed by atoms with Crippen molar-refractivity contribution in [2.75, 3.05) is 0 Å². The maximum absolute atomic E-state index is 12.4. The second-order valence-corrected chi connectivity index (χ2v) is 10.1. The normalized spacial score (nSPS) is 11.5. The fraction of sp³-hybridized carbons (Fsp3) is 0.217. The lowest BCUT2D eigenvalue weighted by Gasteiger charge is -2.08. The van der Waals surface area contributed by atoms with Gasteiger partial charge in [-0.15, -0.1) is 11.3 Å². The highest BCUT2D eigenvalue weighted by Crippen LogP contribution is 2.32. The van der Waals surface area contributed by atoms with E-state index in [9.17, 15) is 9.59 Å². The van der Waals surface area contributed by atoms with E-state index in [2.05, 4.69) is 37.0 Å². The van der Waals surface area contributed by atoms with Crippen LogP contribution in [0.25, 0.3) is 21.7 Å². The summed E-state index contributed by atoms with van der Waals surface area (Å²) in [6, 6.07) is 14.3. The first-order chi connectivity index (χ1) is 16.5. The molecule has 0 aliphatic rings. The van der Waals surface area contributed by atoms with E-state index < -0.39 is 11.2 Å². The minimum Gasteiger partial charge on any atom is -0.325 e. The fourth-order valence-electron chi connectivity index (χ4n) is 3.70. The van der Waals surface area contributed by atoms with Gasteiger partial charge in [0.05, 0.1) is 22.0 Å². The van der Waals surface area contributed by atoms with Crippen molar-refractivity contribution in [2.45, 2.75) is 37.7 Å². The number of rotatable bonds is 8. The number of aromatic nitrogens is 6. The molecule has 9 nitrogen and oxygen atoms in total. The van der Waals surface area contributed by atoms with Crippen molar-refractivity contribution in [2.24, 2.45) is 0 Å². The highest BCUT2D eigenvalue weighted by Gasteiger charge is 2.13. The van der Waals surface area contributed by atoms with Crippen LogP contribution >= 0.6 is 23.3 Å². The summed E-state index contributed by atoms with van der Waals surface area (Å²) in [5.41, 5.74) is 4.04. The highest BCUT2D eigenvalue weighted by molar-refractivity contribution is 7.99. The number of nitrogens with one attached hydrogen (secondary N) is 3. The number of benzene rings is 1. The van der Waals surface area contributed by atoms with Crippen molar-refractivity contribution in [3.05, 3.63) is 86.5 Å². The third-order valence-electron chi connectivity index (χ3n) is 5.45. The Kier molecular flexibility index (Phi) is 6.22. The van der Waals surface area contributed by atoms with Gasteiger partial charge in [-0.1, -0.05) is 24.3 Å². The third-order valence-corrected chi connectivity index (χ3v) is 7.48. The maximum Gasteiger partial charge on any atom is 0.330 e. The Morgan fingerprint density at radius 3 is 2.65 bits per heavy atom. The van der Waals surface area contributed by atoms with Gasteiger partial charge in [0, 0.05) is 18.8 Å². The lowest BCUT2D eigenvalue weighted by molar-refractivity contribution is 0.742. The van der Waals surface area contributed by atoms with E-state index in [4.69, 9.17) is 0 Å². The van der Waals surface area contributed by atoms with Crippen LogP contribution in [0.15, 0.2) is 62.6 Å². The van der Waals surface area contributed by atoms with Crippen LogP contribution in [0.3, 0.4) is 0 Å². The van der Waals surface area contributed by atoms with E-state index in [1.54, 1.807) is 34.2 Å². The molecule has 0 saturated carbocycles. The van der Waals surface area contributed by atoms with Crippen molar-refractivity contribution >= 4 is 34.4 Å². The molecule has 0 amide bonds. The molecule has 0 aliphatic carbocycles. The number of H-pyrrole nitrogens is 2. The van der Waals surface area contributed by atoms with Crippen molar-refractivity contribution in [3.8, 4) is 10.6 Å². The lowest BCUT2D eigenvalue weighted by Crippen LogP contribution is -2.31. The molecule has 0 unspecified atom stereocenters. The number of aryl methyl sites for hydroxylation is 2. The van der Waals surface area contributed by atoms with Crippen molar-refractivity contribution in [3.63, 3.8) is 0 Å². The zero-order valence-corrected chi connectivity index (χ0v) is 20.3. The van der Waals surface area contributed by atoms with Crippen LogP contribution in [-0.2, 0) is 19.6 Å². The van der Waals surface area contributed by atoms with Crippen LogP contribution in [0.2, 0.25) is 0 Å². The Morgan fingerprint density at radius 1 is 1.12 bits per heavy atom. The molecule has 0 bridgehead atoms. The number of fused-ring (bicyclic) bond motifs is 1. The molecule has 0 aliphatic heterocycles. The van der Waals surface area contributed by atoms with Gasteiger partial charge in [-0.2, -0.15) is 5.10 Å². The molecule has 34 heavy (non-hydrogen) atoms. The van der Waals surface area contributed by atoms with Crippen LogP contribution in [0, 0.1) is 6.92 Å². The Hall–Kier alpha value is -3.41. The molecule has 4 heterocycles. The van der Waals surface area contributed by atoms with Gasteiger partial charge >= 0.3 is 5.69 Å².